The standard InChI is InChI=1S/C12H14BrNO/c1-4-9(3)14-12(15)10-7-8(2)5-6-11(10)13/h4-7,9H,1H2,2-3H3,(H,14,15). The first-order valence-corrected chi connectivity index (χ1v) is 5.53. The fourth-order valence-electron chi connectivity index (χ4n) is 1.16. The summed E-state index contributed by atoms with van der Waals surface area (Å²) in [6.07, 6.45) is 1.70. The van der Waals surface area contributed by atoms with Gasteiger partial charge < -0.3 is 5.32 Å². The van der Waals surface area contributed by atoms with Crippen molar-refractivity contribution in [1.82, 2.24) is 5.32 Å². The van der Waals surface area contributed by atoms with E-state index >= 15 is 0 Å². The zero-order valence-corrected chi connectivity index (χ0v) is 10.5. The summed E-state index contributed by atoms with van der Waals surface area (Å²) in [6.45, 7) is 7.46. The normalized spacial score (nSPS) is 11.9. The molecule has 0 saturated carbocycles. The first-order chi connectivity index (χ1) is 7.04. The lowest BCUT2D eigenvalue weighted by Crippen LogP contribution is -2.31. The molecule has 1 atom stereocenters. The summed E-state index contributed by atoms with van der Waals surface area (Å²) in [4.78, 5) is 11.8. The molecule has 1 aromatic carbocycles. The molecular formula is C12H14BrNO. The number of halogens is 1. The molecule has 2 nitrogen and oxygen atoms in total. The van der Waals surface area contributed by atoms with Crippen molar-refractivity contribution in [1.29, 1.82) is 0 Å². The highest BCUT2D eigenvalue weighted by Crippen LogP contribution is 2.18. The third-order valence-electron chi connectivity index (χ3n) is 2.08. The van der Waals surface area contributed by atoms with Gasteiger partial charge in [0.15, 0.2) is 0 Å². The molecule has 1 rings (SSSR count). The molecule has 1 N–H and O–H groups in total. The molecule has 0 aliphatic carbocycles. The van der Waals surface area contributed by atoms with Crippen molar-refractivity contribution in [3.05, 3.63) is 46.5 Å². The molecule has 1 amide bonds. The number of hydrogen-bond acceptors (Lipinski definition) is 1. The van der Waals surface area contributed by atoms with Crippen LogP contribution in [0.3, 0.4) is 0 Å². The van der Waals surface area contributed by atoms with E-state index in [0.717, 1.165) is 10.0 Å². The fraction of sp³-hybridized carbons (Fsp3) is 0.250. The Bertz CT molecular complexity index is 387. The molecule has 80 valence electrons. The highest BCUT2D eigenvalue weighted by atomic mass is 79.9. The van der Waals surface area contributed by atoms with E-state index in [-0.39, 0.29) is 11.9 Å². The molecule has 0 bridgehead atoms. The lowest BCUT2D eigenvalue weighted by atomic mass is 10.1. The smallest absolute Gasteiger partial charge is 0.252 e. The SMILES string of the molecule is C=CC(C)NC(=O)c1cc(C)ccc1Br. The van der Waals surface area contributed by atoms with E-state index in [1.807, 2.05) is 32.0 Å². The topological polar surface area (TPSA) is 29.1 Å². The van der Waals surface area contributed by atoms with Crippen molar-refractivity contribution in [2.75, 3.05) is 0 Å². The molecule has 0 aromatic heterocycles. The summed E-state index contributed by atoms with van der Waals surface area (Å²) >= 11 is 3.36. The third kappa shape index (κ3) is 3.20. The summed E-state index contributed by atoms with van der Waals surface area (Å²) in [5.41, 5.74) is 1.72. The first kappa shape index (κ1) is 12.0. The number of nitrogens with one attached hydrogen (secondary N) is 1. The van der Waals surface area contributed by atoms with Crippen molar-refractivity contribution < 1.29 is 4.79 Å². The van der Waals surface area contributed by atoms with E-state index in [2.05, 4.69) is 27.8 Å². The van der Waals surface area contributed by atoms with E-state index in [9.17, 15) is 4.79 Å². The Balaban J connectivity index is 2.90. The molecule has 0 spiro atoms. The molecule has 15 heavy (non-hydrogen) atoms. The number of hydrogen-bond donors (Lipinski definition) is 1. The summed E-state index contributed by atoms with van der Waals surface area (Å²) in [6, 6.07) is 5.67. The van der Waals surface area contributed by atoms with Crippen molar-refractivity contribution in [3.63, 3.8) is 0 Å². The van der Waals surface area contributed by atoms with Crippen LogP contribution >= 0.6 is 15.9 Å². The summed E-state index contributed by atoms with van der Waals surface area (Å²) in [5.74, 6) is -0.0852. The van der Waals surface area contributed by atoms with Gasteiger partial charge in [0, 0.05) is 10.5 Å². The van der Waals surface area contributed by atoms with Gasteiger partial charge in [-0.3, -0.25) is 4.79 Å². The van der Waals surface area contributed by atoms with Gasteiger partial charge in [0.25, 0.3) is 5.91 Å². The fourth-order valence-corrected chi connectivity index (χ4v) is 1.58. The van der Waals surface area contributed by atoms with Gasteiger partial charge in [0.2, 0.25) is 0 Å². The number of carbonyl (C=O) groups is 1. The number of aryl methyl sites for hydroxylation is 1. The van der Waals surface area contributed by atoms with Gasteiger partial charge in [-0.05, 0) is 41.9 Å². The second kappa shape index (κ2) is 5.12. The summed E-state index contributed by atoms with van der Waals surface area (Å²) < 4.78 is 0.807. The highest BCUT2D eigenvalue weighted by molar-refractivity contribution is 9.10. The third-order valence-corrected chi connectivity index (χ3v) is 2.77. The first-order valence-electron chi connectivity index (χ1n) is 4.74. The zero-order valence-electron chi connectivity index (χ0n) is 8.88. The van der Waals surface area contributed by atoms with Crippen LogP contribution in [0.5, 0.6) is 0 Å². The van der Waals surface area contributed by atoms with E-state index in [1.165, 1.54) is 0 Å². The number of carbonyl (C=O) groups excluding carboxylic acids is 1. The van der Waals surface area contributed by atoms with Crippen LogP contribution in [0.4, 0.5) is 0 Å². The van der Waals surface area contributed by atoms with Gasteiger partial charge in [-0.25, -0.2) is 0 Å². The molecule has 0 heterocycles. The quantitative estimate of drug-likeness (QED) is 0.839. The maximum Gasteiger partial charge on any atom is 0.252 e. The van der Waals surface area contributed by atoms with Crippen LogP contribution in [0.25, 0.3) is 0 Å². The summed E-state index contributed by atoms with van der Waals surface area (Å²) in [7, 11) is 0. The predicted octanol–water partition coefficient (Wildman–Crippen LogP) is 3.06. The Kier molecular flexibility index (Phi) is 4.09. The lowest BCUT2D eigenvalue weighted by molar-refractivity contribution is 0.0946. The Labute approximate surface area is 98.5 Å². The van der Waals surface area contributed by atoms with Crippen molar-refractivity contribution in [2.45, 2.75) is 19.9 Å². The van der Waals surface area contributed by atoms with Crippen LogP contribution in [0.15, 0.2) is 35.3 Å². The van der Waals surface area contributed by atoms with Gasteiger partial charge in [0.1, 0.15) is 0 Å². The molecule has 0 radical (unpaired) electrons. The van der Waals surface area contributed by atoms with E-state index in [1.54, 1.807) is 6.08 Å². The largest absolute Gasteiger partial charge is 0.346 e. The van der Waals surface area contributed by atoms with Crippen molar-refractivity contribution in [3.8, 4) is 0 Å². The minimum absolute atomic E-state index is 0.0232. The van der Waals surface area contributed by atoms with E-state index < -0.39 is 0 Å². The molecule has 1 aromatic rings. The van der Waals surface area contributed by atoms with Crippen LogP contribution in [0.2, 0.25) is 0 Å². The number of rotatable bonds is 3. The molecule has 0 fully saturated rings. The number of amides is 1. The maximum atomic E-state index is 11.8. The van der Waals surface area contributed by atoms with Crippen LogP contribution in [0, 0.1) is 6.92 Å². The van der Waals surface area contributed by atoms with E-state index in [0.29, 0.717) is 5.56 Å². The minimum Gasteiger partial charge on any atom is -0.346 e. The average Bonchev–Trinajstić information content (AvgIpc) is 2.21. The molecule has 0 saturated heterocycles. The van der Waals surface area contributed by atoms with Crippen LogP contribution in [-0.4, -0.2) is 11.9 Å². The van der Waals surface area contributed by atoms with Crippen LogP contribution in [-0.2, 0) is 0 Å². The van der Waals surface area contributed by atoms with Gasteiger partial charge >= 0.3 is 0 Å². The second-order valence-electron chi connectivity index (χ2n) is 3.48. The average molecular weight is 268 g/mol. The highest BCUT2D eigenvalue weighted by Gasteiger charge is 2.11. The Morgan fingerprint density at radius 3 is 2.87 bits per heavy atom. The lowest BCUT2D eigenvalue weighted by Gasteiger charge is -2.10. The zero-order chi connectivity index (χ0) is 11.4. The molecule has 1 unspecified atom stereocenters. The predicted molar refractivity (Wildman–Crippen MR) is 66.0 cm³/mol. The number of benzene rings is 1. The molecule has 0 aliphatic rings. The van der Waals surface area contributed by atoms with Gasteiger partial charge in [-0.1, -0.05) is 17.7 Å². The van der Waals surface area contributed by atoms with Crippen LogP contribution < -0.4 is 5.32 Å². The Hall–Kier alpha value is -1.09. The van der Waals surface area contributed by atoms with Gasteiger partial charge in [-0.2, -0.15) is 0 Å². The summed E-state index contributed by atoms with van der Waals surface area (Å²) in [5, 5.41) is 2.83. The maximum absolute atomic E-state index is 11.8. The monoisotopic (exact) mass is 267 g/mol. The van der Waals surface area contributed by atoms with Gasteiger partial charge in [0.05, 0.1) is 5.56 Å². The van der Waals surface area contributed by atoms with Crippen molar-refractivity contribution >= 4 is 21.8 Å². The minimum atomic E-state index is -0.0852. The molecule has 3 heteroatoms. The Morgan fingerprint density at radius 1 is 1.60 bits per heavy atom. The Morgan fingerprint density at radius 2 is 2.27 bits per heavy atom. The van der Waals surface area contributed by atoms with E-state index in [4.69, 9.17) is 0 Å². The van der Waals surface area contributed by atoms with Crippen LogP contribution in [0.1, 0.15) is 22.8 Å². The second-order valence-corrected chi connectivity index (χ2v) is 4.34. The van der Waals surface area contributed by atoms with Gasteiger partial charge in [-0.15, -0.1) is 6.58 Å². The molecule has 0 aliphatic heterocycles. The molecular weight excluding hydrogens is 254 g/mol. The van der Waals surface area contributed by atoms with Crippen molar-refractivity contribution in [2.24, 2.45) is 0 Å².